The summed E-state index contributed by atoms with van der Waals surface area (Å²) in [6.45, 7) is 4.72. The van der Waals surface area contributed by atoms with Crippen molar-refractivity contribution >= 4 is 45.4 Å². The van der Waals surface area contributed by atoms with E-state index >= 15 is 0 Å². The molecule has 2 heterocycles. The summed E-state index contributed by atoms with van der Waals surface area (Å²) in [6, 6.07) is 9.78. The quantitative estimate of drug-likeness (QED) is 0.658. The Labute approximate surface area is 170 Å². The third-order valence-corrected chi connectivity index (χ3v) is 7.40. The number of rotatable bonds is 6. The minimum absolute atomic E-state index is 0. The topological polar surface area (TPSA) is 87.3 Å². The Kier molecular flexibility index (Phi) is 7.27. The van der Waals surface area contributed by atoms with Crippen LogP contribution in [0.3, 0.4) is 0 Å². The molecule has 1 aromatic heterocycles. The Morgan fingerprint density at radius 1 is 1.22 bits per heavy atom. The molecule has 0 atom stereocenters. The maximum absolute atomic E-state index is 12.5. The maximum Gasteiger partial charge on any atom is 0.271 e. The summed E-state index contributed by atoms with van der Waals surface area (Å²) in [7, 11) is -3.62. The number of hydrogen-bond acceptors (Lipinski definition) is 5. The van der Waals surface area contributed by atoms with Crippen molar-refractivity contribution in [3.8, 4) is 0 Å². The van der Waals surface area contributed by atoms with Gasteiger partial charge in [-0.1, -0.05) is 19.1 Å². The van der Waals surface area contributed by atoms with Crippen molar-refractivity contribution in [1.29, 1.82) is 0 Å². The number of benzene rings is 1. The number of carbonyl (C=O) groups is 1. The van der Waals surface area contributed by atoms with Crippen molar-refractivity contribution in [3.63, 3.8) is 0 Å². The lowest BCUT2D eigenvalue weighted by Gasteiger charge is -2.34. The predicted molar refractivity (Wildman–Crippen MR) is 111 cm³/mol. The number of piperidine rings is 1. The van der Waals surface area contributed by atoms with E-state index in [1.807, 2.05) is 0 Å². The van der Waals surface area contributed by atoms with Gasteiger partial charge in [0.05, 0.1) is 0 Å². The van der Waals surface area contributed by atoms with Gasteiger partial charge in [-0.05, 0) is 61.0 Å². The fourth-order valence-corrected chi connectivity index (χ4v) is 4.99. The summed E-state index contributed by atoms with van der Waals surface area (Å²) >= 11 is 1.15. The van der Waals surface area contributed by atoms with Crippen LogP contribution in [-0.4, -0.2) is 34.0 Å². The van der Waals surface area contributed by atoms with Crippen LogP contribution in [0.25, 0.3) is 0 Å². The third-order valence-electron chi connectivity index (χ3n) is 4.62. The van der Waals surface area contributed by atoms with Crippen molar-refractivity contribution < 1.29 is 13.2 Å². The van der Waals surface area contributed by atoms with Crippen LogP contribution in [0, 0.1) is 5.41 Å². The molecule has 1 aliphatic rings. The normalized spacial score (nSPS) is 16.2. The molecule has 0 aliphatic carbocycles. The second kappa shape index (κ2) is 9.05. The van der Waals surface area contributed by atoms with E-state index in [2.05, 4.69) is 22.3 Å². The molecule has 148 valence electrons. The van der Waals surface area contributed by atoms with E-state index in [9.17, 15) is 13.2 Å². The first kappa shape index (κ1) is 21.7. The smallest absolute Gasteiger partial charge is 0.271 e. The number of amides is 1. The fourth-order valence-electron chi connectivity index (χ4n) is 2.95. The standard InChI is InChI=1S/C18H23N3O3S2.ClH/c1-18(7-9-19-10-8-18)13-20-17(22)14-4-2-5-15(12-14)21-26(23,24)16-6-3-11-25-16;/h2-6,11-12,19,21H,7-10,13H2,1H3,(H,20,22);1H. The van der Waals surface area contributed by atoms with Gasteiger partial charge in [-0.15, -0.1) is 23.7 Å². The highest BCUT2D eigenvalue weighted by Gasteiger charge is 2.27. The van der Waals surface area contributed by atoms with Crippen molar-refractivity contribution in [2.24, 2.45) is 5.41 Å². The van der Waals surface area contributed by atoms with E-state index in [1.54, 1.807) is 41.8 Å². The lowest BCUT2D eigenvalue weighted by Crippen LogP contribution is -2.42. The molecule has 3 N–H and O–H groups in total. The summed E-state index contributed by atoms with van der Waals surface area (Å²) in [5, 5.41) is 8.02. The lowest BCUT2D eigenvalue weighted by atomic mass is 9.81. The Hall–Kier alpha value is -1.61. The molecule has 1 saturated heterocycles. The van der Waals surface area contributed by atoms with Crippen molar-refractivity contribution in [2.45, 2.75) is 24.0 Å². The van der Waals surface area contributed by atoms with Gasteiger partial charge >= 0.3 is 0 Å². The van der Waals surface area contributed by atoms with E-state index < -0.39 is 10.0 Å². The molecule has 1 aliphatic heterocycles. The number of carbonyl (C=O) groups excluding carboxylic acids is 1. The number of thiophene rings is 1. The highest BCUT2D eigenvalue weighted by Crippen LogP contribution is 2.27. The predicted octanol–water partition coefficient (Wildman–Crippen LogP) is 3.09. The molecule has 9 heteroatoms. The first-order valence-electron chi connectivity index (χ1n) is 8.53. The molecule has 6 nitrogen and oxygen atoms in total. The molecule has 0 unspecified atom stereocenters. The minimum Gasteiger partial charge on any atom is -0.351 e. The summed E-state index contributed by atoms with van der Waals surface area (Å²) < 4.78 is 27.4. The van der Waals surface area contributed by atoms with Gasteiger partial charge < -0.3 is 10.6 Å². The molecule has 1 fully saturated rings. The van der Waals surface area contributed by atoms with Gasteiger partial charge in [-0.25, -0.2) is 8.42 Å². The van der Waals surface area contributed by atoms with Crippen LogP contribution in [0.5, 0.6) is 0 Å². The number of anilines is 1. The summed E-state index contributed by atoms with van der Waals surface area (Å²) in [6.07, 6.45) is 2.04. The maximum atomic E-state index is 12.5. The first-order valence-corrected chi connectivity index (χ1v) is 10.9. The zero-order valence-electron chi connectivity index (χ0n) is 15.0. The zero-order chi connectivity index (χ0) is 18.6. The summed E-state index contributed by atoms with van der Waals surface area (Å²) in [5.41, 5.74) is 0.910. The van der Waals surface area contributed by atoms with Gasteiger partial charge in [0.1, 0.15) is 4.21 Å². The molecule has 27 heavy (non-hydrogen) atoms. The van der Waals surface area contributed by atoms with Gasteiger partial charge in [-0.3, -0.25) is 9.52 Å². The molecule has 0 spiro atoms. The highest BCUT2D eigenvalue weighted by atomic mass is 35.5. The first-order chi connectivity index (χ1) is 12.4. The Balaban J connectivity index is 0.00000261. The van der Waals surface area contributed by atoms with Crippen molar-refractivity contribution in [3.05, 3.63) is 47.3 Å². The Morgan fingerprint density at radius 3 is 2.63 bits per heavy atom. The monoisotopic (exact) mass is 429 g/mol. The molecular formula is C18H24ClN3O3S2. The average Bonchev–Trinajstić information content (AvgIpc) is 3.16. The summed E-state index contributed by atoms with van der Waals surface area (Å²) in [4.78, 5) is 12.5. The van der Waals surface area contributed by atoms with Crippen LogP contribution in [0.2, 0.25) is 0 Å². The van der Waals surface area contributed by atoms with E-state index in [0.717, 1.165) is 37.3 Å². The van der Waals surface area contributed by atoms with Gasteiger partial charge in [0.2, 0.25) is 0 Å². The molecule has 0 bridgehead atoms. The van der Waals surface area contributed by atoms with E-state index in [0.29, 0.717) is 17.8 Å². The van der Waals surface area contributed by atoms with Crippen LogP contribution in [0.4, 0.5) is 5.69 Å². The number of hydrogen-bond donors (Lipinski definition) is 3. The largest absolute Gasteiger partial charge is 0.351 e. The second-order valence-electron chi connectivity index (χ2n) is 6.86. The molecule has 3 rings (SSSR count). The highest BCUT2D eigenvalue weighted by molar-refractivity contribution is 7.94. The molecule has 0 radical (unpaired) electrons. The Morgan fingerprint density at radius 2 is 1.96 bits per heavy atom. The van der Waals surface area contributed by atoms with Gasteiger partial charge in [0, 0.05) is 17.8 Å². The van der Waals surface area contributed by atoms with Crippen LogP contribution < -0.4 is 15.4 Å². The summed E-state index contributed by atoms with van der Waals surface area (Å²) in [5.74, 6) is -0.193. The number of sulfonamides is 1. The number of halogens is 1. The van der Waals surface area contributed by atoms with Crippen LogP contribution in [0.1, 0.15) is 30.1 Å². The molecular weight excluding hydrogens is 406 g/mol. The molecule has 1 aromatic carbocycles. The molecule has 0 saturated carbocycles. The molecule has 1 amide bonds. The van der Waals surface area contributed by atoms with Gasteiger partial charge in [-0.2, -0.15) is 0 Å². The number of nitrogens with one attached hydrogen (secondary N) is 3. The minimum atomic E-state index is -3.62. The van der Waals surface area contributed by atoms with Crippen molar-refractivity contribution in [1.82, 2.24) is 10.6 Å². The third kappa shape index (κ3) is 5.68. The van der Waals surface area contributed by atoms with Crippen LogP contribution >= 0.6 is 23.7 Å². The Bertz CT molecular complexity index is 864. The van der Waals surface area contributed by atoms with E-state index in [-0.39, 0.29) is 27.9 Å². The SMILES string of the molecule is CC1(CNC(=O)c2cccc(NS(=O)(=O)c3cccs3)c2)CCNCC1.Cl. The lowest BCUT2D eigenvalue weighted by molar-refractivity contribution is 0.0922. The zero-order valence-corrected chi connectivity index (χ0v) is 17.5. The second-order valence-corrected chi connectivity index (χ2v) is 9.72. The average molecular weight is 430 g/mol. The molecule has 2 aromatic rings. The fraction of sp³-hybridized carbons (Fsp3) is 0.389. The van der Waals surface area contributed by atoms with Crippen LogP contribution in [-0.2, 0) is 10.0 Å². The van der Waals surface area contributed by atoms with Gasteiger partial charge in [0.15, 0.2) is 0 Å². The van der Waals surface area contributed by atoms with Gasteiger partial charge in [0.25, 0.3) is 15.9 Å². The van der Waals surface area contributed by atoms with Crippen molar-refractivity contribution in [2.75, 3.05) is 24.4 Å². The van der Waals surface area contributed by atoms with E-state index in [1.165, 1.54) is 0 Å². The van der Waals surface area contributed by atoms with Crippen LogP contribution in [0.15, 0.2) is 46.0 Å². The van der Waals surface area contributed by atoms with E-state index in [4.69, 9.17) is 0 Å².